The molecule has 2 rings (SSSR count). The van der Waals surface area contributed by atoms with E-state index in [1.54, 1.807) is 6.20 Å². The molecule has 4 heteroatoms. The number of benzene rings is 1. The second kappa shape index (κ2) is 8.39. The van der Waals surface area contributed by atoms with Crippen LogP contribution in [0.2, 0.25) is 0 Å². The van der Waals surface area contributed by atoms with Gasteiger partial charge in [0, 0.05) is 38.9 Å². The minimum atomic E-state index is 0.676. The standard InChI is InChI=1S/C17H24N4/c1-15-5-7-16(8-6-15)14-21(12-9-18)13-11-20-17-4-2-3-10-19-17/h2-8,10H,9,11-14,18H2,1H3,(H,19,20). The Kier molecular flexibility index (Phi) is 6.19. The molecule has 21 heavy (non-hydrogen) atoms. The van der Waals surface area contributed by atoms with Crippen LogP contribution in [-0.2, 0) is 6.54 Å². The van der Waals surface area contributed by atoms with Crippen LogP contribution in [0.5, 0.6) is 0 Å². The van der Waals surface area contributed by atoms with E-state index < -0.39 is 0 Å². The van der Waals surface area contributed by atoms with Crippen molar-refractivity contribution in [2.45, 2.75) is 13.5 Å². The molecule has 1 aromatic carbocycles. The zero-order valence-corrected chi connectivity index (χ0v) is 12.6. The van der Waals surface area contributed by atoms with Gasteiger partial charge in [-0.1, -0.05) is 35.9 Å². The van der Waals surface area contributed by atoms with Crippen LogP contribution in [0.4, 0.5) is 5.82 Å². The van der Waals surface area contributed by atoms with Gasteiger partial charge in [0.1, 0.15) is 5.82 Å². The van der Waals surface area contributed by atoms with Crippen LogP contribution in [0.25, 0.3) is 0 Å². The van der Waals surface area contributed by atoms with E-state index in [-0.39, 0.29) is 0 Å². The van der Waals surface area contributed by atoms with Crippen molar-refractivity contribution in [2.75, 3.05) is 31.5 Å². The minimum absolute atomic E-state index is 0.676. The third-order valence-electron chi connectivity index (χ3n) is 3.37. The summed E-state index contributed by atoms with van der Waals surface area (Å²) >= 11 is 0. The lowest BCUT2D eigenvalue weighted by Gasteiger charge is -2.22. The molecule has 0 fully saturated rings. The maximum Gasteiger partial charge on any atom is 0.125 e. The lowest BCUT2D eigenvalue weighted by atomic mass is 10.1. The first-order valence-electron chi connectivity index (χ1n) is 7.41. The van der Waals surface area contributed by atoms with Crippen molar-refractivity contribution < 1.29 is 0 Å². The van der Waals surface area contributed by atoms with E-state index in [4.69, 9.17) is 5.73 Å². The fourth-order valence-corrected chi connectivity index (χ4v) is 2.21. The highest BCUT2D eigenvalue weighted by Crippen LogP contribution is 2.07. The van der Waals surface area contributed by atoms with E-state index in [9.17, 15) is 0 Å². The maximum absolute atomic E-state index is 5.72. The average molecular weight is 284 g/mol. The van der Waals surface area contributed by atoms with Gasteiger partial charge >= 0.3 is 0 Å². The summed E-state index contributed by atoms with van der Waals surface area (Å²) in [5, 5.41) is 3.33. The van der Waals surface area contributed by atoms with Crippen molar-refractivity contribution in [3.63, 3.8) is 0 Å². The molecule has 0 spiro atoms. The molecule has 2 aromatic rings. The van der Waals surface area contributed by atoms with E-state index in [0.29, 0.717) is 6.54 Å². The smallest absolute Gasteiger partial charge is 0.125 e. The molecule has 0 aliphatic heterocycles. The number of aryl methyl sites for hydroxylation is 1. The molecular formula is C17H24N4. The number of nitrogens with two attached hydrogens (primary N) is 1. The van der Waals surface area contributed by atoms with E-state index in [0.717, 1.165) is 32.0 Å². The summed E-state index contributed by atoms with van der Waals surface area (Å²) in [6.45, 7) is 6.43. The van der Waals surface area contributed by atoms with E-state index in [1.165, 1.54) is 11.1 Å². The average Bonchev–Trinajstić information content (AvgIpc) is 2.51. The van der Waals surface area contributed by atoms with Gasteiger partial charge in [-0.05, 0) is 24.6 Å². The van der Waals surface area contributed by atoms with Crippen molar-refractivity contribution in [2.24, 2.45) is 5.73 Å². The maximum atomic E-state index is 5.72. The Bertz CT molecular complexity index is 510. The quantitative estimate of drug-likeness (QED) is 0.781. The molecule has 4 nitrogen and oxygen atoms in total. The highest BCUT2D eigenvalue weighted by Gasteiger charge is 2.05. The van der Waals surface area contributed by atoms with E-state index >= 15 is 0 Å². The summed E-state index contributed by atoms with van der Waals surface area (Å²) in [5.41, 5.74) is 8.33. The summed E-state index contributed by atoms with van der Waals surface area (Å²) in [7, 11) is 0. The van der Waals surface area contributed by atoms with Gasteiger partial charge in [0.2, 0.25) is 0 Å². The number of pyridine rings is 1. The fraction of sp³-hybridized carbons (Fsp3) is 0.353. The van der Waals surface area contributed by atoms with Gasteiger partial charge in [0.25, 0.3) is 0 Å². The zero-order chi connectivity index (χ0) is 14.9. The summed E-state index contributed by atoms with van der Waals surface area (Å²) in [6, 6.07) is 14.6. The van der Waals surface area contributed by atoms with Gasteiger partial charge in [0.15, 0.2) is 0 Å². The van der Waals surface area contributed by atoms with Crippen LogP contribution in [0, 0.1) is 6.92 Å². The summed E-state index contributed by atoms with van der Waals surface area (Å²) < 4.78 is 0. The number of nitrogens with zero attached hydrogens (tertiary/aromatic N) is 2. The van der Waals surface area contributed by atoms with Gasteiger partial charge in [-0.2, -0.15) is 0 Å². The highest BCUT2D eigenvalue weighted by molar-refractivity contribution is 5.32. The Morgan fingerprint density at radius 1 is 1.10 bits per heavy atom. The predicted molar refractivity (Wildman–Crippen MR) is 88.2 cm³/mol. The molecule has 0 aliphatic carbocycles. The minimum Gasteiger partial charge on any atom is -0.369 e. The molecule has 1 heterocycles. The zero-order valence-electron chi connectivity index (χ0n) is 12.6. The van der Waals surface area contributed by atoms with Crippen LogP contribution < -0.4 is 11.1 Å². The van der Waals surface area contributed by atoms with Crippen LogP contribution in [-0.4, -0.2) is 36.1 Å². The number of aromatic nitrogens is 1. The normalized spacial score (nSPS) is 10.8. The third-order valence-corrected chi connectivity index (χ3v) is 3.37. The highest BCUT2D eigenvalue weighted by atomic mass is 15.1. The molecule has 0 radical (unpaired) electrons. The molecular weight excluding hydrogens is 260 g/mol. The molecule has 0 unspecified atom stereocenters. The number of nitrogens with one attached hydrogen (secondary N) is 1. The van der Waals surface area contributed by atoms with Crippen LogP contribution in [0.15, 0.2) is 48.7 Å². The molecule has 0 aliphatic rings. The van der Waals surface area contributed by atoms with Gasteiger partial charge < -0.3 is 11.1 Å². The molecule has 3 N–H and O–H groups in total. The van der Waals surface area contributed by atoms with Crippen molar-refractivity contribution in [3.8, 4) is 0 Å². The fourth-order valence-electron chi connectivity index (χ4n) is 2.21. The predicted octanol–water partition coefficient (Wildman–Crippen LogP) is 2.26. The third kappa shape index (κ3) is 5.53. The summed E-state index contributed by atoms with van der Waals surface area (Å²) in [6.07, 6.45) is 1.80. The first-order valence-corrected chi connectivity index (χ1v) is 7.41. The largest absolute Gasteiger partial charge is 0.369 e. The Balaban J connectivity index is 1.82. The monoisotopic (exact) mass is 284 g/mol. The van der Waals surface area contributed by atoms with Gasteiger partial charge in [-0.15, -0.1) is 0 Å². The van der Waals surface area contributed by atoms with Crippen molar-refractivity contribution in [3.05, 3.63) is 59.8 Å². The lowest BCUT2D eigenvalue weighted by Crippen LogP contribution is -2.33. The molecule has 0 atom stereocenters. The lowest BCUT2D eigenvalue weighted by molar-refractivity contribution is 0.283. The number of anilines is 1. The molecule has 0 amide bonds. The van der Waals surface area contributed by atoms with Crippen molar-refractivity contribution in [1.29, 1.82) is 0 Å². The molecule has 1 aromatic heterocycles. The van der Waals surface area contributed by atoms with Crippen LogP contribution >= 0.6 is 0 Å². The topological polar surface area (TPSA) is 54.2 Å². The SMILES string of the molecule is Cc1ccc(CN(CCN)CCNc2ccccn2)cc1. The summed E-state index contributed by atoms with van der Waals surface area (Å²) in [5.74, 6) is 0.917. The Morgan fingerprint density at radius 2 is 1.90 bits per heavy atom. The van der Waals surface area contributed by atoms with Gasteiger partial charge in [-0.3, -0.25) is 4.90 Å². The summed E-state index contributed by atoms with van der Waals surface area (Å²) in [4.78, 5) is 6.62. The van der Waals surface area contributed by atoms with Gasteiger partial charge in [0.05, 0.1) is 0 Å². The van der Waals surface area contributed by atoms with Crippen molar-refractivity contribution >= 4 is 5.82 Å². The first-order chi connectivity index (χ1) is 10.3. The first kappa shape index (κ1) is 15.5. The Labute approximate surface area is 127 Å². The number of hydrogen-bond donors (Lipinski definition) is 2. The van der Waals surface area contributed by atoms with Crippen LogP contribution in [0.3, 0.4) is 0 Å². The molecule has 112 valence electrons. The number of hydrogen-bond acceptors (Lipinski definition) is 4. The second-order valence-corrected chi connectivity index (χ2v) is 5.19. The van der Waals surface area contributed by atoms with Gasteiger partial charge in [-0.25, -0.2) is 4.98 Å². The molecule has 0 saturated heterocycles. The second-order valence-electron chi connectivity index (χ2n) is 5.19. The van der Waals surface area contributed by atoms with E-state index in [1.807, 2.05) is 18.2 Å². The number of rotatable bonds is 8. The molecule has 0 bridgehead atoms. The van der Waals surface area contributed by atoms with Crippen LogP contribution in [0.1, 0.15) is 11.1 Å². The van der Waals surface area contributed by atoms with Crippen molar-refractivity contribution in [1.82, 2.24) is 9.88 Å². The Morgan fingerprint density at radius 3 is 2.57 bits per heavy atom. The van der Waals surface area contributed by atoms with E-state index in [2.05, 4.69) is 46.4 Å². The molecule has 0 saturated carbocycles. The Hall–Kier alpha value is -1.91.